The third-order valence-electron chi connectivity index (χ3n) is 9.10. The van der Waals surface area contributed by atoms with Crippen molar-refractivity contribution in [3.63, 3.8) is 0 Å². The number of aromatic nitrogens is 2. The molecule has 0 saturated carbocycles. The second kappa shape index (κ2) is 17.2. The maximum Gasteiger partial charge on any atom is 0.182 e. The number of nitrogens with zero attached hydrogens (tertiary/aromatic N) is 2. The SMILES string of the molecule is O=C(CC(c1cccc(C(CC(=O)c2ccccn2)P(c2ccccc2)c2ccccc2)c1)P(c1ccccc1)c1ccccc1)c1ccccn1. The van der Waals surface area contributed by atoms with Gasteiger partial charge in [-0.05, 0) is 72.5 Å². The largest absolute Gasteiger partial charge is 0.292 e. The van der Waals surface area contributed by atoms with Crippen LogP contribution in [0.4, 0.5) is 0 Å². The van der Waals surface area contributed by atoms with Gasteiger partial charge < -0.3 is 0 Å². The fraction of sp³-hybridized carbons (Fsp3) is 0.0870. The summed E-state index contributed by atoms with van der Waals surface area (Å²) in [4.78, 5) is 37.1. The van der Waals surface area contributed by atoms with E-state index in [4.69, 9.17) is 0 Å². The molecule has 0 aliphatic heterocycles. The minimum atomic E-state index is -1.02. The van der Waals surface area contributed by atoms with E-state index in [0.29, 0.717) is 24.2 Å². The van der Waals surface area contributed by atoms with Crippen molar-refractivity contribution in [2.45, 2.75) is 24.2 Å². The highest BCUT2D eigenvalue weighted by atomic mass is 31.1. The maximum atomic E-state index is 14.1. The summed E-state index contributed by atoms with van der Waals surface area (Å²) < 4.78 is 0. The summed E-state index contributed by atoms with van der Waals surface area (Å²) in [5.41, 5.74) is 2.78. The normalized spacial score (nSPS) is 12.3. The van der Waals surface area contributed by atoms with E-state index >= 15 is 0 Å². The third kappa shape index (κ3) is 8.38. The van der Waals surface area contributed by atoms with Gasteiger partial charge in [0, 0.05) is 36.6 Å². The summed E-state index contributed by atoms with van der Waals surface area (Å²) >= 11 is 0. The van der Waals surface area contributed by atoms with Crippen molar-refractivity contribution in [1.29, 1.82) is 0 Å². The minimum absolute atomic E-state index is 0.00747. The summed E-state index contributed by atoms with van der Waals surface area (Å²) in [5, 5.41) is 4.80. The van der Waals surface area contributed by atoms with Crippen LogP contribution in [0.25, 0.3) is 0 Å². The molecule has 0 spiro atoms. The monoisotopic (exact) mass is 712 g/mol. The van der Waals surface area contributed by atoms with Crippen LogP contribution < -0.4 is 21.2 Å². The van der Waals surface area contributed by atoms with Crippen molar-refractivity contribution in [3.05, 3.63) is 217 Å². The fourth-order valence-electron chi connectivity index (χ4n) is 6.68. The Balaban J connectivity index is 1.39. The smallest absolute Gasteiger partial charge is 0.182 e. The molecule has 0 aliphatic carbocycles. The number of carbonyl (C=O) groups is 2. The molecule has 0 aliphatic rings. The van der Waals surface area contributed by atoms with Crippen LogP contribution in [-0.2, 0) is 0 Å². The molecule has 5 aromatic carbocycles. The number of ketones is 2. The molecule has 7 rings (SSSR count). The molecule has 4 nitrogen and oxygen atoms in total. The summed E-state index contributed by atoms with van der Waals surface area (Å²) in [6, 6.07) is 61.9. The van der Waals surface area contributed by atoms with Crippen LogP contribution in [0.2, 0.25) is 0 Å². The Labute approximate surface area is 308 Å². The van der Waals surface area contributed by atoms with Crippen LogP contribution in [-0.4, -0.2) is 21.5 Å². The first-order valence-electron chi connectivity index (χ1n) is 17.4. The van der Waals surface area contributed by atoms with Crippen LogP contribution in [0.1, 0.15) is 56.3 Å². The lowest BCUT2D eigenvalue weighted by atomic mass is 9.99. The predicted molar refractivity (Wildman–Crippen MR) is 216 cm³/mol. The molecule has 0 fully saturated rings. The Kier molecular flexibility index (Phi) is 11.6. The molecule has 2 aromatic heterocycles. The van der Waals surface area contributed by atoms with Gasteiger partial charge in [-0.3, -0.25) is 19.6 Å². The Morgan fingerprint density at radius 3 is 1.04 bits per heavy atom. The van der Waals surface area contributed by atoms with E-state index in [1.165, 1.54) is 21.2 Å². The van der Waals surface area contributed by atoms with Gasteiger partial charge in [0.1, 0.15) is 11.4 Å². The first-order valence-corrected chi connectivity index (χ1v) is 20.2. The van der Waals surface area contributed by atoms with Crippen molar-refractivity contribution in [2.75, 3.05) is 0 Å². The van der Waals surface area contributed by atoms with Gasteiger partial charge in [-0.2, -0.15) is 0 Å². The van der Waals surface area contributed by atoms with E-state index < -0.39 is 15.8 Å². The van der Waals surface area contributed by atoms with E-state index in [-0.39, 0.29) is 22.9 Å². The van der Waals surface area contributed by atoms with Crippen molar-refractivity contribution in [2.24, 2.45) is 0 Å². The van der Waals surface area contributed by atoms with E-state index in [0.717, 1.165) is 11.1 Å². The number of carbonyl (C=O) groups excluding carboxylic acids is 2. The van der Waals surface area contributed by atoms with Crippen LogP contribution >= 0.6 is 15.8 Å². The van der Waals surface area contributed by atoms with Crippen molar-refractivity contribution in [1.82, 2.24) is 9.97 Å². The lowest BCUT2D eigenvalue weighted by Crippen LogP contribution is -2.21. The molecular weight excluding hydrogens is 674 g/mol. The highest BCUT2D eigenvalue weighted by molar-refractivity contribution is 7.73. The fourth-order valence-corrected chi connectivity index (χ4v) is 12.3. The highest BCUT2D eigenvalue weighted by Crippen LogP contribution is 2.55. The molecule has 52 heavy (non-hydrogen) atoms. The van der Waals surface area contributed by atoms with Crippen LogP contribution in [0, 0.1) is 0 Å². The molecule has 2 atom stereocenters. The lowest BCUT2D eigenvalue weighted by Gasteiger charge is -2.32. The summed E-state index contributed by atoms with van der Waals surface area (Å²) in [6.45, 7) is 0. The molecular formula is C46H38N2O2P2. The van der Waals surface area contributed by atoms with E-state index in [1.807, 2.05) is 48.5 Å². The Morgan fingerprint density at radius 1 is 0.404 bits per heavy atom. The average molecular weight is 713 g/mol. The molecule has 6 heteroatoms. The van der Waals surface area contributed by atoms with E-state index in [2.05, 4.69) is 131 Å². The number of pyridine rings is 2. The second-order valence-corrected chi connectivity index (χ2v) is 17.3. The average Bonchev–Trinajstić information content (AvgIpc) is 3.22. The minimum Gasteiger partial charge on any atom is -0.292 e. The Morgan fingerprint density at radius 2 is 0.731 bits per heavy atom. The predicted octanol–water partition coefficient (Wildman–Crippen LogP) is 9.37. The zero-order valence-corrected chi connectivity index (χ0v) is 30.4. The van der Waals surface area contributed by atoms with Crippen LogP contribution in [0.5, 0.6) is 0 Å². The molecule has 0 radical (unpaired) electrons. The number of hydrogen-bond acceptors (Lipinski definition) is 4. The molecule has 0 bridgehead atoms. The molecule has 7 aromatic rings. The lowest BCUT2D eigenvalue weighted by molar-refractivity contribution is 0.0969. The zero-order valence-electron chi connectivity index (χ0n) is 28.6. The van der Waals surface area contributed by atoms with Gasteiger partial charge in [0.25, 0.3) is 0 Å². The Bertz CT molecular complexity index is 1950. The highest BCUT2D eigenvalue weighted by Gasteiger charge is 2.33. The van der Waals surface area contributed by atoms with Gasteiger partial charge >= 0.3 is 0 Å². The van der Waals surface area contributed by atoms with Gasteiger partial charge in [0.2, 0.25) is 0 Å². The second-order valence-electron chi connectivity index (χ2n) is 12.5. The topological polar surface area (TPSA) is 59.9 Å². The Hall–Kier alpha value is -5.40. The van der Waals surface area contributed by atoms with E-state index in [9.17, 15) is 9.59 Å². The summed E-state index contributed by atoms with van der Waals surface area (Å²) in [5.74, 6) is 0.0149. The summed E-state index contributed by atoms with van der Waals surface area (Å²) in [7, 11) is -2.04. The standard InChI is InChI=1S/C46H38N2O2P2/c49-43(41-28-13-15-30-47-41)33-45(51(37-20-5-1-6-21-37)38-22-7-2-8-23-38)35-18-17-19-36(32-35)46(34-44(50)42-29-14-16-31-48-42)52(39-24-9-3-10-25-39)40-26-11-4-12-27-40/h1-32,45-46H,33-34H2. The first-order chi connectivity index (χ1) is 25.7. The van der Waals surface area contributed by atoms with Gasteiger partial charge in [0.05, 0.1) is 0 Å². The third-order valence-corrected chi connectivity index (χ3v) is 14.7. The van der Waals surface area contributed by atoms with Gasteiger partial charge in [0.15, 0.2) is 11.6 Å². The van der Waals surface area contributed by atoms with Crippen molar-refractivity contribution >= 4 is 48.6 Å². The molecule has 2 heterocycles. The van der Waals surface area contributed by atoms with Gasteiger partial charge in [-0.15, -0.1) is 0 Å². The molecule has 0 N–H and O–H groups in total. The number of Topliss-reactive ketones (excluding diaryl/α,β-unsaturated/α-hetero) is 2. The van der Waals surface area contributed by atoms with E-state index in [1.54, 1.807) is 24.5 Å². The van der Waals surface area contributed by atoms with Crippen molar-refractivity contribution in [3.8, 4) is 0 Å². The number of benzene rings is 5. The van der Waals surface area contributed by atoms with Crippen LogP contribution in [0.15, 0.2) is 194 Å². The maximum absolute atomic E-state index is 14.1. The number of hydrogen-bond donors (Lipinski definition) is 0. The first kappa shape index (κ1) is 35.0. The number of rotatable bonds is 14. The summed E-state index contributed by atoms with van der Waals surface area (Å²) in [6.07, 6.45) is 3.94. The van der Waals surface area contributed by atoms with Gasteiger partial charge in [-0.25, -0.2) is 0 Å². The molecule has 2 unspecified atom stereocenters. The quantitative estimate of drug-likeness (QED) is 0.0833. The zero-order chi connectivity index (χ0) is 35.5. The van der Waals surface area contributed by atoms with Gasteiger partial charge in [-0.1, -0.05) is 158 Å². The molecule has 0 saturated heterocycles. The van der Waals surface area contributed by atoms with Crippen LogP contribution in [0.3, 0.4) is 0 Å². The molecule has 0 amide bonds. The molecule has 254 valence electrons. The van der Waals surface area contributed by atoms with Crippen molar-refractivity contribution < 1.29 is 9.59 Å².